The highest BCUT2D eigenvalue weighted by Crippen LogP contribution is 2.61. The molecule has 36 heavy (non-hydrogen) atoms. The Morgan fingerprint density at radius 3 is 2.61 bits per heavy atom. The summed E-state index contributed by atoms with van der Waals surface area (Å²) in [6.07, 6.45) is 8.37. The van der Waals surface area contributed by atoms with Gasteiger partial charge in [-0.1, -0.05) is 44.6 Å². The Morgan fingerprint density at radius 1 is 1.19 bits per heavy atom. The summed E-state index contributed by atoms with van der Waals surface area (Å²) in [6.45, 7) is 4.23. The molecule has 1 spiro atoms. The molecule has 0 saturated carbocycles. The van der Waals surface area contributed by atoms with Crippen LogP contribution in [0.25, 0.3) is 0 Å². The summed E-state index contributed by atoms with van der Waals surface area (Å²) in [4.78, 5) is 45.0. The van der Waals surface area contributed by atoms with Gasteiger partial charge in [-0.25, -0.2) is 0 Å². The van der Waals surface area contributed by atoms with E-state index < -0.39 is 34.6 Å². The number of aliphatic hydroxyl groups is 1. The minimum Gasteiger partial charge on any atom is -0.497 e. The van der Waals surface area contributed by atoms with E-state index in [0.29, 0.717) is 18.0 Å². The van der Waals surface area contributed by atoms with E-state index in [9.17, 15) is 19.5 Å². The molecule has 7 atom stereocenters. The van der Waals surface area contributed by atoms with Gasteiger partial charge in [0.1, 0.15) is 18.4 Å². The van der Waals surface area contributed by atoms with Crippen molar-refractivity contribution in [3.63, 3.8) is 0 Å². The second kappa shape index (κ2) is 9.59. The van der Waals surface area contributed by atoms with Gasteiger partial charge in [0.2, 0.25) is 5.91 Å². The number of carbonyl (C=O) groups is 3. The van der Waals surface area contributed by atoms with Crippen LogP contribution in [-0.2, 0) is 19.1 Å². The number of rotatable bonds is 6. The lowest BCUT2D eigenvalue weighted by atomic mass is 9.78. The van der Waals surface area contributed by atoms with Crippen LogP contribution in [0.2, 0.25) is 0 Å². The number of aliphatic hydroxyl groups excluding tert-OH is 1. The Morgan fingerprint density at radius 2 is 1.94 bits per heavy atom. The molecule has 0 aliphatic carbocycles. The van der Waals surface area contributed by atoms with Gasteiger partial charge in [0, 0.05) is 17.5 Å². The Kier molecular flexibility index (Phi) is 6.63. The molecule has 4 aliphatic heterocycles. The minimum absolute atomic E-state index is 0.0360. The smallest absolute Gasteiger partial charge is 0.311 e. The number of likely N-dealkylation sites (tertiary alicyclic amines) is 1. The van der Waals surface area contributed by atoms with E-state index >= 15 is 0 Å². The van der Waals surface area contributed by atoms with E-state index in [-0.39, 0.29) is 36.2 Å². The number of hydrogen-bond acceptors (Lipinski definition) is 7. The van der Waals surface area contributed by atoms with Crippen molar-refractivity contribution in [2.75, 3.05) is 31.8 Å². The zero-order valence-corrected chi connectivity index (χ0v) is 21.5. The second-order valence-corrected chi connectivity index (χ2v) is 11.3. The van der Waals surface area contributed by atoms with Crippen molar-refractivity contribution in [2.24, 2.45) is 17.8 Å². The molecule has 1 aromatic carbocycles. The molecule has 9 heteroatoms. The van der Waals surface area contributed by atoms with Gasteiger partial charge in [-0.15, -0.1) is 11.8 Å². The number of fused-ring (bicyclic) bond motifs is 2. The van der Waals surface area contributed by atoms with Crippen LogP contribution >= 0.6 is 11.8 Å². The van der Waals surface area contributed by atoms with Crippen molar-refractivity contribution < 1.29 is 29.0 Å². The van der Waals surface area contributed by atoms with Crippen LogP contribution in [0, 0.1) is 17.8 Å². The molecule has 0 radical (unpaired) electrons. The predicted molar refractivity (Wildman–Crippen MR) is 137 cm³/mol. The first-order valence-electron chi connectivity index (χ1n) is 12.4. The quantitative estimate of drug-likeness (QED) is 0.462. The lowest BCUT2D eigenvalue weighted by Gasteiger charge is -2.40. The van der Waals surface area contributed by atoms with Crippen molar-refractivity contribution in [3.05, 3.63) is 48.6 Å². The van der Waals surface area contributed by atoms with Crippen molar-refractivity contribution in [2.45, 2.75) is 42.3 Å². The van der Waals surface area contributed by atoms with Gasteiger partial charge in [0.25, 0.3) is 5.91 Å². The summed E-state index contributed by atoms with van der Waals surface area (Å²) < 4.78 is 9.75. The molecule has 5 rings (SSSR count). The number of ether oxygens (including phenoxy) is 2. The SMILES string of the molecule is CC[C@H](C)[C@H](CO)N1C(=O)[C@@H]2[C@H]3C(=O)OCC=C[C@H]3S[C@@]23C=CCN(c2ccc(OC)cc2)C(=O)C13. The number of cyclic esters (lactones) is 1. The van der Waals surface area contributed by atoms with Crippen LogP contribution in [-0.4, -0.2) is 76.7 Å². The summed E-state index contributed by atoms with van der Waals surface area (Å²) in [5.41, 5.74) is 0.693. The third-order valence-electron chi connectivity index (χ3n) is 8.08. The molecule has 4 aliphatic rings. The van der Waals surface area contributed by atoms with Crippen LogP contribution in [0.4, 0.5) is 5.69 Å². The predicted octanol–water partition coefficient (Wildman–Crippen LogP) is 2.42. The van der Waals surface area contributed by atoms with Crippen LogP contribution < -0.4 is 9.64 Å². The number of thioether (sulfide) groups is 1. The third kappa shape index (κ3) is 3.66. The summed E-state index contributed by atoms with van der Waals surface area (Å²) in [7, 11) is 1.59. The normalized spacial score (nSPS) is 32.8. The summed E-state index contributed by atoms with van der Waals surface area (Å²) in [5, 5.41) is 10.2. The number of nitrogens with zero attached hydrogens (tertiary/aromatic N) is 2. The van der Waals surface area contributed by atoms with Gasteiger partial charge >= 0.3 is 5.97 Å². The van der Waals surface area contributed by atoms with E-state index in [1.54, 1.807) is 29.0 Å². The van der Waals surface area contributed by atoms with E-state index in [1.807, 2.05) is 50.3 Å². The first-order valence-corrected chi connectivity index (χ1v) is 13.3. The molecule has 4 heterocycles. The lowest BCUT2D eigenvalue weighted by molar-refractivity contribution is -0.152. The number of hydrogen-bond donors (Lipinski definition) is 1. The van der Waals surface area contributed by atoms with Gasteiger partial charge in [-0.05, 0) is 30.2 Å². The maximum absolute atomic E-state index is 14.4. The third-order valence-corrected chi connectivity index (χ3v) is 9.82. The highest BCUT2D eigenvalue weighted by Gasteiger charge is 2.72. The number of methoxy groups -OCH3 is 1. The fourth-order valence-corrected chi connectivity index (χ4v) is 8.06. The van der Waals surface area contributed by atoms with Crippen LogP contribution in [0.5, 0.6) is 5.75 Å². The molecule has 2 fully saturated rings. The zero-order valence-electron chi connectivity index (χ0n) is 20.7. The van der Waals surface area contributed by atoms with Crippen LogP contribution in [0.1, 0.15) is 20.3 Å². The average molecular weight is 513 g/mol. The Bertz CT molecular complexity index is 1100. The highest BCUT2D eigenvalue weighted by molar-refractivity contribution is 8.02. The molecule has 192 valence electrons. The fourth-order valence-electron chi connectivity index (χ4n) is 6.07. The summed E-state index contributed by atoms with van der Waals surface area (Å²) in [5.74, 6) is -1.68. The first-order chi connectivity index (χ1) is 17.4. The standard InChI is InChI=1S/C27H32N2O6S/c1-4-16(2)19(15-30)29-23-25(32)28(17-8-10-18(34-3)11-9-17)13-6-12-27(23)22(24(29)31)21-20(36-27)7-5-14-35-26(21)33/h5-12,16,19-23,30H,4,13-15H2,1-3H3/t16-,19-,20+,21-,22-,23?,27-/m0/s1. The second-order valence-electron chi connectivity index (χ2n) is 9.83. The Balaban J connectivity index is 1.64. The fraction of sp³-hybridized carbons (Fsp3) is 0.519. The minimum atomic E-state index is -0.938. The van der Waals surface area contributed by atoms with Crippen molar-refractivity contribution in [1.82, 2.24) is 4.90 Å². The van der Waals surface area contributed by atoms with E-state index in [4.69, 9.17) is 9.47 Å². The molecular formula is C27H32N2O6S. The average Bonchev–Trinajstić information content (AvgIpc) is 3.19. The van der Waals surface area contributed by atoms with Gasteiger partial charge in [-0.3, -0.25) is 14.4 Å². The topological polar surface area (TPSA) is 96.4 Å². The summed E-state index contributed by atoms with van der Waals surface area (Å²) in [6, 6.07) is 5.84. The number of amides is 2. The summed E-state index contributed by atoms with van der Waals surface area (Å²) >= 11 is 1.50. The molecule has 2 amide bonds. The maximum Gasteiger partial charge on any atom is 0.311 e. The molecule has 1 N–H and O–H groups in total. The number of carbonyl (C=O) groups excluding carboxylic acids is 3. The monoisotopic (exact) mass is 512 g/mol. The number of benzene rings is 1. The van der Waals surface area contributed by atoms with Crippen molar-refractivity contribution in [3.8, 4) is 5.75 Å². The van der Waals surface area contributed by atoms with Crippen LogP contribution in [0.15, 0.2) is 48.6 Å². The number of anilines is 1. The van der Waals surface area contributed by atoms with Crippen molar-refractivity contribution in [1.29, 1.82) is 0 Å². The van der Waals surface area contributed by atoms with Gasteiger partial charge < -0.3 is 24.4 Å². The molecule has 0 bridgehead atoms. The lowest BCUT2D eigenvalue weighted by Crippen LogP contribution is -2.58. The Labute approximate surface area is 215 Å². The Hall–Kier alpha value is -2.78. The van der Waals surface area contributed by atoms with Gasteiger partial charge in [0.05, 0.1) is 36.3 Å². The van der Waals surface area contributed by atoms with E-state index in [0.717, 1.165) is 6.42 Å². The highest BCUT2D eigenvalue weighted by atomic mass is 32.2. The molecule has 1 unspecified atom stereocenters. The molecule has 0 aromatic heterocycles. The maximum atomic E-state index is 14.4. The van der Waals surface area contributed by atoms with E-state index in [1.165, 1.54) is 11.8 Å². The zero-order chi connectivity index (χ0) is 25.6. The van der Waals surface area contributed by atoms with E-state index in [2.05, 4.69) is 0 Å². The molecule has 2 saturated heterocycles. The molecule has 8 nitrogen and oxygen atoms in total. The first kappa shape index (κ1) is 24.9. The van der Waals surface area contributed by atoms with Crippen molar-refractivity contribution >= 4 is 35.2 Å². The van der Waals surface area contributed by atoms with Crippen LogP contribution in [0.3, 0.4) is 0 Å². The largest absolute Gasteiger partial charge is 0.497 e. The molecule has 1 aromatic rings. The molecular weight excluding hydrogens is 480 g/mol. The van der Waals surface area contributed by atoms with Gasteiger partial charge in [0.15, 0.2) is 0 Å². The number of esters is 1. The van der Waals surface area contributed by atoms with Gasteiger partial charge in [-0.2, -0.15) is 0 Å².